The Morgan fingerprint density at radius 3 is 2.32 bits per heavy atom. The molecule has 0 spiro atoms. The second-order valence-corrected chi connectivity index (χ2v) is 8.82. The van der Waals surface area contributed by atoms with Gasteiger partial charge >= 0.3 is 0 Å². The lowest BCUT2D eigenvalue weighted by Crippen LogP contribution is -2.14. The van der Waals surface area contributed by atoms with Crippen molar-refractivity contribution >= 4 is 53.5 Å². The predicted octanol–water partition coefficient (Wildman–Crippen LogP) is 3.53. The zero-order valence-electron chi connectivity index (χ0n) is 15.4. The first kappa shape index (κ1) is 21.9. The highest BCUT2D eigenvalue weighted by atomic mass is 35.7. The fourth-order valence-corrected chi connectivity index (χ4v) is 3.97. The summed E-state index contributed by atoms with van der Waals surface area (Å²) in [5.41, 5.74) is 4.88. The van der Waals surface area contributed by atoms with Crippen LogP contribution in [0.25, 0.3) is 10.8 Å². The fourth-order valence-electron chi connectivity index (χ4n) is 2.91. The molecule has 4 N–H and O–H groups in total. The zero-order valence-corrected chi connectivity index (χ0v) is 17.0. The number of fused-ring (bicyclic) bond motifs is 1. The number of primary amides is 1. The molecule has 3 aromatic carbocycles. The van der Waals surface area contributed by atoms with Crippen molar-refractivity contribution < 1.29 is 28.3 Å². The Kier molecular flexibility index (Phi) is 5.77. The fraction of sp³-hybridized carbons (Fsp3) is 0.0556. The smallest absolute Gasteiger partial charge is 0.273 e. The number of amides is 1. The van der Waals surface area contributed by atoms with E-state index in [9.17, 15) is 33.5 Å². The summed E-state index contributed by atoms with van der Waals surface area (Å²) in [5, 5.41) is 38.9. The predicted molar refractivity (Wildman–Crippen MR) is 110 cm³/mol. The van der Waals surface area contributed by atoms with E-state index < -0.39 is 31.4 Å². The number of rotatable bonds is 6. The number of benzene rings is 3. The highest BCUT2D eigenvalue weighted by Gasteiger charge is 2.20. The van der Waals surface area contributed by atoms with Gasteiger partial charge in [-0.25, -0.2) is 8.42 Å². The first-order valence-corrected chi connectivity index (χ1v) is 10.7. The van der Waals surface area contributed by atoms with Gasteiger partial charge in [0.15, 0.2) is 5.75 Å². The van der Waals surface area contributed by atoms with Crippen molar-refractivity contribution in [2.75, 3.05) is 0 Å². The summed E-state index contributed by atoms with van der Waals surface area (Å²) < 4.78 is 23.7. The number of non-ortho nitro benzene ring substituents is 1. The number of halogens is 1. The molecule has 11 nitrogen and oxygen atoms in total. The van der Waals surface area contributed by atoms with Crippen molar-refractivity contribution in [2.45, 2.75) is 11.3 Å². The van der Waals surface area contributed by atoms with Crippen molar-refractivity contribution in [3.8, 4) is 11.5 Å². The summed E-state index contributed by atoms with van der Waals surface area (Å²) in [7, 11) is 1.29. The lowest BCUT2D eigenvalue weighted by atomic mass is 10.00. The molecule has 0 aliphatic heterocycles. The van der Waals surface area contributed by atoms with Crippen molar-refractivity contribution in [1.29, 1.82) is 0 Å². The van der Waals surface area contributed by atoms with Crippen LogP contribution in [0.1, 0.15) is 5.56 Å². The van der Waals surface area contributed by atoms with Gasteiger partial charge in [-0.15, -0.1) is 10.2 Å². The van der Waals surface area contributed by atoms with Gasteiger partial charge in [-0.3, -0.25) is 14.9 Å². The maximum Gasteiger partial charge on any atom is 0.273 e. The monoisotopic (exact) mass is 464 g/mol. The number of carbonyl (C=O) groups is 1. The van der Waals surface area contributed by atoms with Crippen molar-refractivity contribution in [2.24, 2.45) is 16.0 Å². The topological polar surface area (TPSA) is 186 Å². The molecule has 3 aromatic rings. The summed E-state index contributed by atoms with van der Waals surface area (Å²) in [5.74, 6) is -1.73. The summed E-state index contributed by atoms with van der Waals surface area (Å²) in [4.78, 5) is 21.2. The number of nitrogens with two attached hydrogens (primary N) is 1. The molecular formula is C18H13ClN4O7S. The van der Waals surface area contributed by atoms with Crippen LogP contribution >= 0.6 is 10.7 Å². The van der Waals surface area contributed by atoms with Crippen molar-refractivity contribution in [1.82, 2.24) is 0 Å². The maximum atomic E-state index is 11.9. The lowest BCUT2D eigenvalue weighted by molar-refractivity contribution is -0.384. The first-order valence-electron chi connectivity index (χ1n) is 8.38. The molecule has 0 aliphatic carbocycles. The molecule has 0 bridgehead atoms. The Morgan fingerprint density at radius 1 is 1.10 bits per heavy atom. The van der Waals surface area contributed by atoms with E-state index in [1.165, 1.54) is 24.3 Å². The Balaban J connectivity index is 2.16. The highest BCUT2D eigenvalue weighted by Crippen LogP contribution is 2.41. The summed E-state index contributed by atoms with van der Waals surface area (Å²) in [6, 6.07) is 8.21. The number of aromatic hydroxyl groups is 2. The SMILES string of the molecule is NC(=O)Cc1ccc(S(=O)(=O)Cl)c2ccc(N=Nc3ccc([N+](=O)[O-])cc3O)c(O)c12. The summed E-state index contributed by atoms with van der Waals surface area (Å²) in [6.07, 6.45) is -0.295. The second-order valence-electron chi connectivity index (χ2n) is 6.29. The van der Waals surface area contributed by atoms with Crippen molar-refractivity contribution in [3.63, 3.8) is 0 Å². The van der Waals surface area contributed by atoms with Gasteiger partial charge in [0.25, 0.3) is 14.7 Å². The third-order valence-electron chi connectivity index (χ3n) is 4.24. The van der Waals surface area contributed by atoms with Crippen LogP contribution in [0.5, 0.6) is 11.5 Å². The Morgan fingerprint density at radius 2 is 1.74 bits per heavy atom. The third-order valence-corrected chi connectivity index (χ3v) is 5.62. The van der Waals surface area contributed by atoms with Crippen molar-refractivity contribution in [3.05, 3.63) is 58.1 Å². The number of nitrogens with zero attached hydrogens (tertiary/aromatic N) is 3. The van der Waals surface area contributed by atoms with E-state index in [0.717, 1.165) is 18.2 Å². The minimum atomic E-state index is -4.17. The third kappa shape index (κ3) is 4.54. The van der Waals surface area contributed by atoms with Crippen LogP contribution < -0.4 is 5.73 Å². The molecule has 0 saturated carbocycles. The number of nitro groups is 1. The van der Waals surface area contributed by atoms with Gasteiger partial charge in [-0.2, -0.15) is 0 Å². The zero-order chi connectivity index (χ0) is 22.9. The normalized spacial score (nSPS) is 11.8. The molecule has 3 rings (SSSR count). The van der Waals surface area contributed by atoms with Crippen LogP contribution in [0, 0.1) is 10.1 Å². The molecule has 31 heavy (non-hydrogen) atoms. The molecule has 0 heterocycles. The molecular weight excluding hydrogens is 452 g/mol. The van der Waals surface area contributed by atoms with Crippen LogP contribution in [-0.2, 0) is 20.3 Å². The van der Waals surface area contributed by atoms with Crippen LogP contribution in [-0.4, -0.2) is 29.5 Å². The number of hydrogen-bond acceptors (Lipinski definition) is 9. The average Bonchev–Trinajstić information content (AvgIpc) is 2.66. The number of carbonyl (C=O) groups excluding carboxylic acids is 1. The Bertz CT molecular complexity index is 1370. The van der Waals surface area contributed by atoms with E-state index >= 15 is 0 Å². The number of hydrogen-bond donors (Lipinski definition) is 3. The van der Waals surface area contributed by atoms with Gasteiger partial charge in [0.05, 0.1) is 22.3 Å². The number of phenols is 2. The standard InChI is InChI=1S/C18H13ClN4O7S/c19-31(29,30)15-6-1-9(7-16(20)25)17-11(15)3-5-13(18(17)26)22-21-12-4-2-10(23(27)28)8-14(12)24/h1-6,8,24,26H,7H2,(H2,20,25). The lowest BCUT2D eigenvalue weighted by Gasteiger charge is -2.11. The molecule has 0 saturated heterocycles. The summed E-state index contributed by atoms with van der Waals surface area (Å²) >= 11 is 0. The van der Waals surface area contributed by atoms with Gasteiger partial charge in [-0.1, -0.05) is 12.1 Å². The van der Waals surface area contributed by atoms with Crippen LogP contribution in [0.15, 0.2) is 57.6 Å². The van der Waals surface area contributed by atoms with Gasteiger partial charge < -0.3 is 15.9 Å². The minimum Gasteiger partial charge on any atom is -0.505 e. The summed E-state index contributed by atoms with van der Waals surface area (Å²) in [6.45, 7) is 0. The van der Waals surface area contributed by atoms with E-state index in [-0.39, 0.29) is 44.7 Å². The molecule has 0 fully saturated rings. The van der Waals surface area contributed by atoms with E-state index in [0.29, 0.717) is 0 Å². The van der Waals surface area contributed by atoms with Gasteiger partial charge in [0, 0.05) is 27.5 Å². The minimum absolute atomic E-state index is 0.00936. The number of nitro benzene ring substituents is 1. The van der Waals surface area contributed by atoms with E-state index in [1.54, 1.807) is 0 Å². The molecule has 0 unspecified atom stereocenters. The largest absolute Gasteiger partial charge is 0.505 e. The average molecular weight is 465 g/mol. The van der Waals surface area contributed by atoms with E-state index in [4.69, 9.17) is 16.4 Å². The molecule has 0 radical (unpaired) electrons. The second kappa shape index (κ2) is 8.16. The Hall–Kier alpha value is -3.77. The number of azo groups is 1. The van der Waals surface area contributed by atoms with Crippen LogP contribution in [0.2, 0.25) is 0 Å². The van der Waals surface area contributed by atoms with E-state index in [2.05, 4.69) is 10.2 Å². The Labute approximate surface area is 179 Å². The molecule has 13 heteroatoms. The van der Waals surface area contributed by atoms with Crippen LogP contribution in [0.3, 0.4) is 0 Å². The molecule has 0 aliphatic rings. The first-order chi connectivity index (χ1) is 14.5. The quantitative estimate of drug-likeness (QED) is 0.215. The number of phenolic OH excluding ortho intramolecular Hbond substituents is 2. The molecule has 160 valence electrons. The van der Waals surface area contributed by atoms with Gasteiger partial charge in [0.1, 0.15) is 17.1 Å². The van der Waals surface area contributed by atoms with Gasteiger partial charge in [0.2, 0.25) is 5.91 Å². The highest BCUT2D eigenvalue weighted by molar-refractivity contribution is 8.14. The molecule has 1 amide bonds. The molecule has 0 atom stereocenters. The van der Waals surface area contributed by atoms with Crippen LogP contribution in [0.4, 0.5) is 17.1 Å². The maximum absolute atomic E-state index is 11.9. The van der Waals surface area contributed by atoms with Gasteiger partial charge in [-0.05, 0) is 23.8 Å². The molecule has 0 aromatic heterocycles. The van der Waals surface area contributed by atoms with E-state index in [1.807, 2.05) is 0 Å².